The van der Waals surface area contributed by atoms with E-state index in [2.05, 4.69) is 33.9 Å². The van der Waals surface area contributed by atoms with Crippen LogP contribution in [0.5, 0.6) is 0 Å². The molecule has 21 heavy (non-hydrogen) atoms. The number of carbonyl (C=O) groups excluding carboxylic acids is 1. The molecular formula is C15H24N4O2. The van der Waals surface area contributed by atoms with Crippen LogP contribution in [-0.2, 0) is 11.2 Å². The molecule has 0 amide bonds. The average Bonchev–Trinajstić information content (AvgIpc) is 2.43. The second-order valence-electron chi connectivity index (χ2n) is 5.61. The van der Waals surface area contributed by atoms with Crippen molar-refractivity contribution in [3.8, 4) is 0 Å². The second kappa shape index (κ2) is 6.95. The molecule has 0 radical (unpaired) electrons. The maximum atomic E-state index is 11.7. The van der Waals surface area contributed by atoms with Crippen LogP contribution in [0.15, 0.2) is 6.20 Å². The SMILES string of the molecule is CCOC(=O)c1cnc(CC2CN(C)CCN2C)nc1C. The zero-order valence-electron chi connectivity index (χ0n) is 13.3. The number of ether oxygens (including phenoxy) is 1. The molecule has 1 aliphatic heterocycles. The molecule has 116 valence electrons. The molecule has 0 saturated carbocycles. The molecule has 1 atom stereocenters. The Balaban J connectivity index is 2.07. The number of piperazine rings is 1. The molecule has 2 heterocycles. The van der Waals surface area contributed by atoms with Crippen molar-refractivity contribution >= 4 is 5.97 Å². The number of aromatic nitrogens is 2. The summed E-state index contributed by atoms with van der Waals surface area (Å²) in [7, 11) is 4.27. The summed E-state index contributed by atoms with van der Waals surface area (Å²) >= 11 is 0. The number of carbonyl (C=O) groups is 1. The van der Waals surface area contributed by atoms with Gasteiger partial charge in [0, 0.05) is 38.3 Å². The van der Waals surface area contributed by atoms with Gasteiger partial charge in [0.05, 0.1) is 17.9 Å². The highest BCUT2D eigenvalue weighted by molar-refractivity contribution is 5.90. The Labute approximate surface area is 126 Å². The quantitative estimate of drug-likeness (QED) is 0.763. The number of nitrogens with zero attached hydrogens (tertiary/aromatic N) is 4. The number of esters is 1. The van der Waals surface area contributed by atoms with Gasteiger partial charge in [-0.25, -0.2) is 14.8 Å². The van der Waals surface area contributed by atoms with Gasteiger partial charge in [0.15, 0.2) is 0 Å². The van der Waals surface area contributed by atoms with E-state index in [1.165, 1.54) is 0 Å². The summed E-state index contributed by atoms with van der Waals surface area (Å²) in [5.41, 5.74) is 1.14. The summed E-state index contributed by atoms with van der Waals surface area (Å²) in [5, 5.41) is 0. The average molecular weight is 292 g/mol. The summed E-state index contributed by atoms with van der Waals surface area (Å²) in [6.45, 7) is 7.14. The summed E-state index contributed by atoms with van der Waals surface area (Å²) in [6.07, 6.45) is 2.38. The van der Waals surface area contributed by atoms with Gasteiger partial charge in [0.25, 0.3) is 0 Å². The Morgan fingerprint density at radius 1 is 1.43 bits per heavy atom. The monoisotopic (exact) mass is 292 g/mol. The molecule has 6 heteroatoms. The van der Waals surface area contributed by atoms with E-state index < -0.39 is 0 Å². The third-order valence-electron chi connectivity index (χ3n) is 3.92. The van der Waals surface area contributed by atoms with Crippen LogP contribution in [0.1, 0.15) is 28.8 Å². The zero-order valence-corrected chi connectivity index (χ0v) is 13.3. The number of likely N-dealkylation sites (N-methyl/N-ethyl adjacent to an activating group) is 2. The number of rotatable bonds is 4. The van der Waals surface area contributed by atoms with Crippen LogP contribution in [0.25, 0.3) is 0 Å². The van der Waals surface area contributed by atoms with E-state index in [0.29, 0.717) is 23.9 Å². The van der Waals surface area contributed by atoms with Gasteiger partial charge in [-0.2, -0.15) is 0 Å². The van der Waals surface area contributed by atoms with Crippen molar-refractivity contribution in [1.82, 2.24) is 19.8 Å². The van der Waals surface area contributed by atoms with Crippen molar-refractivity contribution in [3.05, 3.63) is 23.3 Å². The van der Waals surface area contributed by atoms with Gasteiger partial charge in [-0.1, -0.05) is 0 Å². The lowest BCUT2D eigenvalue weighted by Gasteiger charge is -2.37. The highest BCUT2D eigenvalue weighted by atomic mass is 16.5. The molecule has 0 aromatic carbocycles. The van der Waals surface area contributed by atoms with Gasteiger partial charge in [-0.05, 0) is 27.9 Å². The van der Waals surface area contributed by atoms with Gasteiger partial charge < -0.3 is 14.5 Å². The van der Waals surface area contributed by atoms with Crippen molar-refractivity contribution in [2.45, 2.75) is 26.3 Å². The lowest BCUT2D eigenvalue weighted by atomic mass is 10.1. The Bertz CT molecular complexity index is 506. The van der Waals surface area contributed by atoms with E-state index in [1.54, 1.807) is 13.1 Å². The molecule has 0 aliphatic carbocycles. The summed E-state index contributed by atoms with van der Waals surface area (Å²) in [6, 6.07) is 0.414. The van der Waals surface area contributed by atoms with Crippen LogP contribution >= 0.6 is 0 Å². The van der Waals surface area contributed by atoms with E-state index in [9.17, 15) is 4.79 Å². The maximum Gasteiger partial charge on any atom is 0.341 e. The third kappa shape index (κ3) is 3.98. The van der Waals surface area contributed by atoms with E-state index in [1.807, 2.05) is 6.92 Å². The van der Waals surface area contributed by atoms with E-state index >= 15 is 0 Å². The van der Waals surface area contributed by atoms with Crippen molar-refractivity contribution < 1.29 is 9.53 Å². The molecule has 1 aliphatic rings. The molecule has 1 fully saturated rings. The fraction of sp³-hybridized carbons (Fsp3) is 0.667. The normalized spacial score (nSPS) is 20.5. The first-order chi connectivity index (χ1) is 10.0. The van der Waals surface area contributed by atoms with Gasteiger partial charge in [-0.3, -0.25) is 0 Å². The molecule has 2 rings (SSSR count). The minimum Gasteiger partial charge on any atom is -0.462 e. The van der Waals surface area contributed by atoms with Gasteiger partial charge in [0.1, 0.15) is 5.82 Å². The molecule has 0 spiro atoms. The predicted octanol–water partition coefficient (Wildman–Crippen LogP) is 0.750. The number of aryl methyl sites for hydroxylation is 1. The third-order valence-corrected chi connectivity index (χ3v) is 3.92. The minimum absolute atomic E-state index is 0.351. The van der Waals surface area contributed by atoms with Gasteiger partial charge in [0.2, 0.25) is 0 Å². The fourth-order valence-electron chi connectivity index (χ4n) is 2.56. The Morgan fingerprint density at radius 3 is 2.86 bits per heavy atom. The highest BCUT2D eigenvalue weighted by Crippen LogP contribution is 2.12. The standard InChI is InChI=1S/C15H24N4O2/c1-5-21-15(20)13-9-16-14(17-11(13)2)8-12-10-18(3)6-7-19(12)4/h9,12H,5-8,10H2,1-4H3. The van der Waals surface area contributed by atoms with Crippen LogP contribution in [-0.4, -0.2) is 72.1 Å². The van der Waals surface area contributed by atoms with Crippen LogP contribution in [0.4, 0.5) is 0 Å². The first kappa shape index (κ1) is 15.9. The smallest absolute Gasteiger partial charge is 0.341 e. The van der Waals surface area contributed by atoms with Crippen molar-refractivity contribution in [2.24, 2.45) is 0 Å². The maximum absolute atomic E-state index is 11.7. The molecular weight excluding hydrogens is 268 g/mol. The first-order valence-electron chi connectivity index (χ1n) is 7.39. The molecule has 1 unspecified atom stereocenters. The lowest BCUT2D eigenvalue weighted by Crippen LogP contribution is -2.51. The van der Waals surface area contributed by atoms with Crippen molar-refractivity contribution in [3.63, 3.8) is 0 Å². The number of hydrogen-bond acceptors (Lipinski definition) is 6. The van der Waals surface area contributed by atoms with Crippen LogP contribution < -0.4 is 0 Å². The van der Waals surface area contributed by atoms with Crippen molar-refractivity contribution in [2.75, 3.05) is 40.3 Å². The molecule has 1 aromatic heterocycles. The fourth-order valence-corrected chi connectivity index (χ4v) is 2.56. The van der Waals surface area contributed by atoms with Crippen molar-refractivity contribution in [1.29, 1.82) is 0 Å². The number of hydrogen-bond donors (Lipinski definition) is 0. The molecule has 1 saturated heterocycles. The van der Waals surface area contributed by atoms with E-state index in [0.717, 1.165) is 31.9 Å². The minimum atomic E-state index is -0.351. The van der Waals surface area contributed by atoms with Gasteiger partial charge >= 0.3 is 5.97 Å². The van der Waals surface area contributed by atoms with E-state index in [4.69, 9.17) is 4.74 Å². The van der Waals surface area contributed by atoms with Crippen LogP contribution in [0, 0.1) is 6.92 Å². The second-order valence-corrected chi connectivity index (χ2v) is 5.61. The topological polar surface area (TPSA) is 58.6 Å². The first-order valence-corrected chi connectivity index (χ1v) is 7.39. The Morgan fingerprint density at radius 2 is 2.19 bits per heavy atom. The molecule has 1 aromatic rings. The van der Waals surface area contributed by atoms with Crippen LogP contribution in [0.3, 0.4) is 0 Å². The molecule has 0 bridgehead atoms. The Hall–Kier alpha value is -1.53. The molecule has 0 N–H and O–H groups in total. The molecule has 6 nitrogen and oxygen atoms in total. The summed E-state index contributed by atoms with van der Waals surface area (Å²) in [5.74, 6) is 0.434. The van der Waals surface area contributed by atoms with Crippen LogP contribution in [0.2, 0.25) is 0 Å². The summed E-state index contributed by atoms with van der Waals surface area (Å²) < 4.78 is 5.00. The largest absolute Gasteiger partial charge is 0.462 e. The van der Waals surface area contributed by atoms with Gasteiger partial charge in [-0.15, -0.1) is 0 Å². The highest BCUT2D eigenvalue weighted by Gasteiger charge is 2.23. The summed E-state index contributed by atoms with van der Waals surface area (Å²) in [4.78, 5) is 25.2. The lowest BCUT2D eigenvalue weighted by molar-refractivity contribution is 0.0524. The van der Waals surface area contributed by atoms with E-state index in [-0.39, 0.29) is 5.97 Å². The Kier molecular flexibility index (Phi) is 5.25. The predicted molar refractivity (Wildman–Crippen MR) is 80.3 cm³/mol. The zero-order chi connectivity index (χ0) is 15.4.